The second-order valence-electron chi connectivity index (χ2n) is 5.20. The number of hydrogen-bond donors (Lipinski definition) is 1. The van der Waals surface area contributed by atoms with E-state index in [9.17, 15) is 4.39 Å². The summed E-state index contributed by atoms with van der Waals surface area (Å²) in [6.07, 6.45) is 3.45. The minimum atomic E-state index is -0.105. The first kappa shape index (κ1) is 13.3. The Kier molecular flexibility index (Phi) is 4.23. The Morgan fingerprint density at radius 3 is 2.78 bits per heavy atom. The molecule has 0 aromatic heterocycles. The molecule has 1 aromatic carbocycles. The molecule has 1 saturated carbocycles. The highest BCUT2D eigenvalue weighted by Gasteiger charge is 2.30. The van der Waals surface area contributed by atoms with Crippen molar-refractivity contribution in [2.45, 2.75) is 45.2 Å². The molecule has 1 N–H and O–H groups in total. The van der Waals surface area contributed by atoms with Gasteiger partial charge in [0.1, 0.15) is 5.82 Å². The van der Waals surface area contributed by atoms with Gasteiger partial charge in [-0.25, -0.2) is 4.39 Å². The number of rotatable bonds is 6. The molecule has 0 amide bonds. The minimum Gasteiger partial charge on any atom is -0.369 e. The van der Waals surface area contributed by atoms with Gasteiger partial charge in [-0.3, -0.25) is 0 Å². The molecule has 0 radical (unpaired) electrons. The Morgan fingerprint density at radius 1 is 1.44 bits per heavy atom. The van der Waals surface area contributed by atoms with E-state index in [1.54, 1.807) is 12.1 Å². The maximum Gasteiger partial charge on any atom is 0.146 e. The molecular weight excluding hydrogens is 227 g/mol. The zero-order chi connectivity index (χ0) is 13.1. The Hall–Kier alpha value is -1.09. The van der Waals surface area contributed by atoms with Crippen LogP contribution in [0.2, 0.25) is 0 Å². The van der Waals surface area contributed by atoms with Gasteiger partial charge in [0.15, 0.2) is 0 Å². The molecule has 2 rings (SSSR count). The van der Waals surface area contributed by atoms with Crippen LogP contribution >= 0.6 is 0 Å². The van der Waals surface area contributed by atoms with Crippen molar-refractivity contribution in [1.29, 1.82) is 0 Å². The first-order valence-corrected chi connectivity index (χ1v) is 6.89. The van der Waals surface area contributed by atoms with Gasteiger partial charge in [-0.2, -0.15) is 0 Å². The molecule has 0 bridgehead atoms. The molecule has 1 aromatic rings. The third kappa shape index (κ3) is 2.83. The summed E-state index contributed by atoms with van der Waals surface area (Å²) in [4.78, 5) is 2.11. The number of benzene rings is 1. The number of halogens is 1. The van der Waals surface area contributed by atoms with Crippen LogP contribution in [0.5, 0.6) is 0 Å². The minimum absolute atomic E-state index is 0.105. The van der Waals surface area contributed by atoms with Crippen LogP contribution in [0.15, 0.2) is 18.2 Å². The molecule has 1 unspecified atom stereocenters. The van der Waals surface area contributed by atoms with Gasteiger partial charge < -0.3 is 10.2 Å². The van der Waals surface area contributed by atoms with Crippen LogP contribution in [0.4, 0.5) is 10.1 Å². The molecule has 1 atom stereocenters. The Balaban J connectivity index is 2.25. The van der Waals surface area contributed by atoms with Crippen molar-refractivity contribution in [3.63, 3.8) is 0 Å². The fraction of sp³-hybridized carbons (Fsp3) is 0.600. The molecule has 1 aliphatic rings. The summed E-state index contributed by atoms with van der Waals surface area (Å²) in [6.45, 7) is 5.21. The quantitative estimate of drug-likeness (QED) is 0.831. The van der Waals surface area contributed by atoms with Crippen molar-refractivity contribution in [3.8, 4) is 0 Å². The second-order valence-corrected chi connectivity index (χ2v) is 5.20. The lowest BCUT2D eigenvalue weighted by atomic mass is 10.0. The van der Waals surface area contributed by atoms with Gasteiger partial charge in [0.25, 0.3) is 0 Å². The van der Waals surface area contributed by atoms with Gasteiger partial charge in [0.05, 0.1) is 5.69 Å². The fourth-order valence-electron chi connectivity index (χ4n) is 2.37. The van der Waals surface area contributed by atoms with Crippen LogP contribution in [-0.4, -0.2) is 19.6 Å². The summed E-state index contributed by atoms with van der Waals surface area (Å²) >= 11 is 0. The van der Waals surface area contributed by atoms with Crippen molar-refractivity contribution in [1.82, 2.24) is 5.32 Å². The predicted molar refractivity (Wildman–Crippen MR) is 74.5 cm³/mol. The predicted octanol–water partition coefficient (Wildman–Crippen LogP) is 3.48. The number of hydrogen-bond acceptors (Lipinski definition) is 2. The lowest BCUT2D eigenvalue weighted by Gasteiger charge is -2.26. The molecule has 18 heavy (non-hydrogen) atoms. The smallest absolute Gasteiger partial charge is 0.146 e. The standard InChI is InChI=1S/C15H23FN2/c1-4-10-17-11(2)13-6-5-7-14(16)15(13)18(3)12-8-9-12/h5-7,11-12,17H,4,8-10H2,1-3H3. The Morgan fingerprint density at radius 2 is 2.17 bits per heavy atom. The van der Waals surface area contributed by atoms with Crippen LogP contribution in [0.25, 0.3) is 0 Å². The maximum absolute atomic E-state index is 14.1. The zero-order valence-corrected chi connectivity index (χ0v) is 11.5. The van der Waals surface area contributed by atoms with Crippen LogP contribution < -0.4 is 10.2 Å². The van der Waals surface area contributed by atoms with E-state index < -0.39 is 0 Å². The average Bonchev–Trinajstić information content (AvgIpc) is 3.19. The molecule has 0 spiro atoms. The summed E-state index contributed by atoms with van der Waals surface area (Å²) in [5.41, 5.74) is 1.84. The van der Waals surface area contributed by atoms with Crippen molar-refractivity contribution >= 4 is 5.69 Å². The summed E-state index contributed by atoms with van der Waals surface area (Å²) in [5.74, 6) is -0.105. The van der Waals surface area contributed by atoms with Gasteiger partial charge in [0, 0.05) is 19.1 Å². The zero-order valence-electron chi connectivity index (χ0n) is 11.5. The highest BCUT2D eigenvalue weighted by molar-refractivity contribution is 5.57. The monoisotopic (exact) mass is 250 g/mol. The van der Waals surface area contributed by atoms with Crippen molar-refractivity contribution in [2.24, 2.45) is 0 Å². The number of nitrogens with one attached hydrogen (secondary N) is 1. The summed E-state index contributed by atoms with van der Waals surface area (Å²) < 4.78 is 14.1. The summed E-state index contributed by atoms with van der Waals surface area (Å²) in [5, 5.41) is 3.44. The third-order valence-corrected chi connectivity index (χ3v) is 3.63. The highest BCUT2D eigenvalue weighted by Crippen LogP contribution is 2.36. The van der Waals surface area contributed by atoms with E-state index in [1.807, 2.05) is 13.1 Å². The van der Waals surface area contributed by atoms with Gasteiger partial charge in [-0.1, -0.05) is 19.1 Å². The van der Waals surface area contributed by atoms with Crippen molar-refractivity contribution < 1.29 is 4.39 Å². The van der Waals surface area contributed by atoms with E-state index in [-0.39, 0.29) is 11.9 Å². The highest BCUT2D eigenvalue weighted by atomic mass is 19.1. The normalized spacial score (nSPS) is 16.7. The Bertz CT molecular complexity index is 401. The number of para-hydroxylation sites is 1. The lowest BCUT2D eigenvalue weighted by molar-refractivity contribution is 0.560. The summed E-state index contributed by atoms with van der Waals surface area (Å²) in [6, 6.07) is 6.12. The molecule has 100 valence electrons. The first-order valence-electron chi connectivity index (χ1n) is 6.89. The summed E-state index contributed by atoms with van der Waals surface area (Å²) in [7, 11) is 2.01. The second kappa shape index (κ2) is 5.70. The van der Waals surface area contributed by atoms with E-state index in [0.29, 0.717) is 6.04 Å². The van der Waals surface area contributed by atoms with Gasteiger partial charge in [-0.15, -0.1) is 0 Å². The van der Waals surface area contributed by atoms with Gasteiger partial charge >= 0.3 is 0 Å². The molecule has 3 heteroatoms. The topological polar surface area (TPSA) is 15.3 Å². The Labute approximate surface area is 109 Å². The molecule has 1 aliphatic carbocycles. The largest absolute Gasteiger partial charge is 0.369 e. The van der Waals surface area contributed by atoms with E-state index in [4.69, 9.17) is 0 Å². The molecule has 1 fully saturated rings. The number of anilines is 1. The van der Waals surface area contributed by atoms with E-state index in [1.165, 1.54) is 12.8 Å². The van der Waals surface area contributed by atoms with Gasteiger partial charge in [0.2, 0.25) is 0 Å². The molecule has 0 aliphatic heterocycles. The van der Waals surface area contributed by atoms with Crippen LogP contribution in [0, 0.1) is 5.82 Å². The van der Waals surface area contributed by atoms with Crippen molar-refractivity contribution in [3.05, 3.63) is 29.6 Å². The van der Waals surface area contributed by atoms with E-state index in [2.05, 4.69) is 24.1 Å². The first-order chi connectivity index (χ1) is 8.65. The van der Waals surface area contributed by atoms with Crippen LogP contribution in [-0.2, 0) is 0 Å². The fourth-order valence-corrected chi connectivity index (χ4v) is 2.37. The molecular formula is C15H23FN2. The van der Waals surface area contributed by atoms with E-state index in [0.717, 1.165) is 24.2 Å². The van der Waals surface area contributed by atoms with Crippen LogP contribution in [0.1, 0.15) is 44.7 Å². The average molecular weight is 250 g/mol. The van der Waals surface area contributed by atoms with Crippen molar-refractivity contribution in [2.75, 3.05) is 18.5 Å². The SMILES string of the molecule is CCCNC(C)c1cccc(F)c1N(C)C1CC1. The third-order valence-electron chi connectivity index (χ3n) is 3.63. The number of nitrogens with zero attached hydrogens (tertiary/aromatic N) is 1. The lowest BCUT2D eigenvalue weighted by Crippen LogP contribution is -2.26. The van der Waals surface area contributed by atoms with Gasteiger partial charge in [-0.05, 0) is 44.4 Å². The molecule has 0 heterocycles. The molecule has 2 nitrogen and oxygen atoms in total. The maximum atomic E-state index is 14.1. The van der Waals surface area contributed by atoms with E-state index >= 15 is 0 Å². The van der Waals surface area contributed by atoms with Crippen LogP contribution in [0.3, 0.4) is 0 Å². The molecule has 0 saturated heterocycles.